The van der Waals surface area contributed by atoms with E-state index in [9.17, 15) is 9.18 Å². The Kier molecular flexibility index (Phi) is 5.52. The smallest absolute Gasteiger partial charge is 0.251 e. The van der Waals surface area contributed by atoms with E-state index in [2.05, 4.69) is 5.32 Å². The third-order valence-electron chi connectivity index (χ3n) is 3.63. The molecule has 0 aliphatic carbocycles. The highest BCUT2D eigenvalue weighted by Crippen LogP contribution is 2.17. The molecule has 0 spiro atoms. The standard InChI is InChI=1S/C17H21FN2O3/c1-17(7-10-21,12-23-2)19-16(22)13-5-6-15(14(18)11-13)20-8-3-4-9-20/h3-6,8-9,11,21H,7,10,12H2,1-2H3,(H,19,22). The first kappa shape index (κ1) is 17.2. The second-order valence-corrected chi connectivity index (χ2v) is 5.68. The van der Waals surface area contributed by atoms with Gasteiger partial charge in [-0.2, -0.15) is 0 Å². The zero-order valence-corrected chi connectivity index (χ0v) is 13.3. The minimum atomic E-state index is -0.712. The largest absolute Gasteiger partial charge is 0.396 e. The van der Waals surface area contributed by atoms with Gasteiger partial charge in [0.05, 0.1) is 17.8 Å². The molecular weight excluding hydrogens is 299 g/mol. The van der Waals surface area contributed by atoms with Crippen molar-refractivity contribution in [2.75, 3.05) is 20.3 Å². The zero-order chi connectivity index (χ0) is 16.9. The molecule has 1 aromatic heterocycles. The van der Waals surface area contributed by atoms with Gasteiger partial charge in [0.2, 0.25) is 0 Å². The van der Waals surface area contributed by atoms with E-state index >= 15 is 0 Å². The van der Waals surface area contributed by atoms with Crippen molar-refractivity contribution in [2.45, 2.75) is 18.9 Å². The van der Waals surface area contributed by atoms with Crippen LogP contribution < -0.4 is 5.32 Å². The van der Waals surface area contributed by atoms with Gasteiger partial charge >= 0.3 is 0 Å². The summed E-state index contributed by atoms with van der Waals surface area (Å²) in [5.74, 6) is -0.889. The summed E-state index contributed by atoms with van der Waals surface area (Å²) < 4.78 is 21.0. The predicted molar refractivity (Wildman–Crippen MR) is 85.2 cm³/mol. The fourth-order valence-electron chi connectivity index (χ4n) is 2.43. The normalized spacial score (nSPS) is 13.6. The summed E-state index contributed by atoms with van der Waals surface area (Å²) >= 11 is 0. The number of aromatic nitrogens is 1. The highest BCUT2D eigenvalue weighted by atomic mass is 19.1. The second-order valence-electron chi connectivity index (χ2n) is 5.68. The average molecular weight is 320 g/mol. The van der Waals surface area contributed by atoms with Gasteiger partial charge in [-0.05, 0) is 43.7 Å². The molecule has 6 heteroatoms. The van der Waals surface area contributed by atoms with Gasteiger partial charge in [-0.15, -0.1) is 0 Å². The molecule has 0 bridgehead atoms. The van der Waals surface area contributed by atoms with Crippen LogP contribution in [0.4, 0.5) is 4.39 Å². The topological polar surface area (TPSA) is 63.5 Å². The van der Waals surface area contributed by atoms with Crippen molar-refractivity contribution in [1.82, 2.24) is 9.88 Å². The molecule has 1 heterocycles. The molecule has 2 rings (SSSR count). The third-order valence-corrected chi connectivity index (χ3v) is 3.63. The molecule has 2 aromatic rings. The molecule has 2 N–H and O–H groups in total. The van der Waals surface area contributed by atoms with Crippen molar-refractivity contribution in [1.29, 1.82) is 0 Å². The predicted octanol–water partition coefficient (Wildman–Crippen LogP) is 2.13. The van der Waals surface area contributed by atoms with Crippen molar-refractivity contribution in [2.24, 2.45) is 0 Å². The number of aliphatic hydroxyl groups excluding tert-OH is 1. The van der Waals surface area contributed by atoms with Crippen LogP contribution in [0.1, 0.15) is 23.7 Å². The van der Waals surface area contributed by atoms with Gasteiger partial charge in [-0.25, -0.2) is 4.39 Å². The van der Waals surface area contributed by atoms with E-state index in [1.165, 1.54) is 13.2 Å². The SMILES string of the molecule is COCC(C)(CCO)NC(=O)c1ccc(-n2cccc2)c(F)c1. The first-order valence-electron chi connectivity index (χ1n) is 7.34. The molecule has 1 amide bonds. The van der Waals surface area contributed by atoms with Crippen LogP contribution >= 0.6 is 0 Å². The molecule has 0 radical (unpaired) electrons. The lowest BCUT2D eigenvalue weighted by atomic mass is 9.98. The number of hydrogen-bond acceptors (Lipinski definition) is 3. The van der Waals surface area contributed by atoms with E-state index in [0.717, 1.165) is 0 Å². The molecule has 5 nitrogen and oxygen atoms in total. The van der Waals surface area contributed by atoms with Gasteiger partial charge < -0.3 is 19.7 Å². The summed E-state index contributed by atoms with van der Waals surface area (Å²) in [5, 5.41) is 11.9. The number of aliphatic hydroxyl groups is 1. The number of methoxy groups -OCH3 is 1. The number of nitrogens with zero attached hydrogens (tertiary/aromatic N) is 1. The van der Waals surface area contributed by atoms with Crippen molar-refractivity contribution in [3.63, 3.8) is 0 Å². The summed E-state index contributed by atoms with van der Waals surface area (Å²) in [5.41, 5.74) is -0.115. The molecule has 0 aliphatic rings. The van der Waals surface area contributed by atoms with Gasteiger partial charge in [0.1, 0.15) is 5.82 Å². The minimum absolute atomic E-state index is 0.0823. The average Bonchev–Trinajstić information content (AvgIpc) is 3.01. The van der Waals surface area contributed by atoms with Crippen molar-refractivity contribution in [3.8, 4) is 5.69 Å². The quantitative estimate of drug-likeness (QED) is 0.821. The monoisotopic (exact) mass is 320 g/mol. The molecule has 0 saturated heterocycles. The molecule has 0 fully saturated rings. The number of hydrogen-bond donors (Lipinski definition) is 2. The number of ether oxygens (including phenoxy) is 1. The van der Waals surface area contributed by atoms with Crippen LogP contribution in [0.25, 0.3) is 5.69 Å². The fraction of sp³-hybridized carbons (Fsp3) is 0.353. The molecule has 1 unspecified atom stereocenters. The summed E-state index contributed by atoms with van der Waals surface area (Å²) in [6, 6.07) is 7.93. The molecule has 23 heavy (non-hydrogen) atoms. The lowest BCUT2D eigenvalue weighted by molar-refractivity contribution is 0.0725. The molecule has 0 saturated carbocycles. The highest BCUT2D eigenvalue weighted by molar-refractivity contribution is 5.94. The van der Waals surface area contributed by atoms with E-state index in [1.807, 2.05) is 0 Å². The van der Waals surface area contributed by atoms with Crippen molar-refractivity contribution < 1.29 is 19.0 Å². The first-order chi connectivity index (χ1) is 11.0. The fourth-order valence-corrected chi connectivity index (χ4v) is 2.43. The summed E-state index contributed by atoms with van der Waals surface area (Å²) in [4.78, 5) is 12.3. The maximum atomic E-state index is 14.2. The van der Waals surface area contributed by atoms with E-state index in [-0.39, 0.29) is 18.8 Å². The lowest BCUT2D eigenvalue weighted by Crippen LogP contribution is -2.50. The highest BCUT2D eigenvalue weighted by Gasteiger charge is 2.26. The van der Waals surface area contributed by atoms with Crippen LogP contribution in [-0.2, 0) is 4.74 Å². The molecule has 124 valence electrons. The number of nitrogens with one attached hydrogen (secondary N) is 1. The van der Waals surface area contributed by atoms with Crippen LogP contribution in [0.2, 0.25) is 0 Å². The van der Waals surface area contributed by atoms with Crippen LogP contribution in [0.15, 0.2) is 42.7 Å². The second kappa shape index (κ2) is 7.39. The summed E-state index contributed by atoms with van der Waals surface area (Å²) in [6.07, 6.45) is 3.81. The van der Waals surface area contributed by atoms with Crippen molar-refractivity contribution in [3.05, 3.63) is 54.1 Å². The summed E-state index contributed by atoms with van der Waals surface area (Å²) in [6.45, 7) is 1.94. The number of rotatable bonds is 7. The van der Waals surface area contributed by atoms with Gasteiger partial charge in [0, 0.05) is 31.7 Å². The van der Waals surface area contributed by atoms with Crippen LogP contribution in [0, 0.1) is 5.82 Å². The third kappa shape index (κ3) is 4.18. The van der Waals surface area contributed by atoms with E-state index in [1.54, 1.807) is 48.1 Å². The maximum absolute atomic E-state index is 14.2. The Labute approximate surface area is 134 Å². The van der Waals surface area contributed by atoms with E-state index in [4.69, 9.17) is 9.84 Å². The zero-order valence-electron chi connectivity index (χ0n) is 13.3. The maximum Gasteiger partial charge on any atom is 0.251 e. The molecular formula is C17H21FN2O3. The van der Waals surface area contributed by atoms with Gasteiger partial charge in [-0.1, -0.05) is 0 Å². The number of carbonyl (C=O) groups excluding carboxylic acids is 1. The Balaban J connectivity index is 2.18. The van der Waals surface area contributed by atoms with Crippen LogP contribution in [0.3, 0.4) is 0 Å². The Morgan fingerprint density at radius 3 is 2.65 bits per heavy atom. The van der Waals surface area contributed by atoms with Crippen LogP contribution in [0.5, 0.6) is 0 Å². The number of halogens is 1. The summed E-state index contributed by atoms with van der Waals surface area (Å²) in [7, 11) is 1.52. The van der Waals surface area contributed by atoms with E-state index in [0.29, 0.717) is 12.1 Å². The van der Waals surface area contributed by atoms with Gasteiger partial charge in [0.15, 0.2) is 0 Å². The first-order valence-corrected chi connectivity index (χ1v) is 7.34. The van der Waals surface area contributed by atoms with Crippen molar-refractivity contribution >= 4 is 5.91 Å². The van der Waals surface area contributed by atoms with Gasteiger partial charge in [0.25, 0.3) is 5.91 Å². The molecule has 1 aromatic carbocycles. The van der Waals surface area contributed by atoms with Gasteiger partial charge in [-0.3, -0.25) is 4.79 Å². The van der Waals surface area contributed by atoms with Crippen LogP contribution in [-0.4, -0.2) is 41.4 Å². The number of benzene rings is 1. The van der Waals surface area contributed by atoms with E-state index < -0.39 is 17.3 Å². The number of amides is 1. The lowest BCUT2D eigenvalue weighted by Gasteiger charge is -2.29. The Hall–Kier alpha value is -2.18. The molecule has 0 aliphatic heterocycles. The Morgan fingerprint density at radius 2 is 2.09 bits per heavy atom. The Morgan fingerprint density at radius 1 is 1.39 bits per heavy atom. The molecule has 1 atom stereocenters. The minimum Gasteiger partial charge on any atom is -0.396 e. The number of carbonyl (C=O) groups is 1. The Bertz CT molecular complexity index is 650.